The summed E-state index contributed by atoms with van der Waals surface area (Å²) in [6.45, 7) is 3.43. The number of rotatable bonds is 1. The van der Waals surface area contributed by atoms with Crippen LogP contribution in [0, 0.1) is 5.41 Å². The zero-order chi connectivity index (χ0) is 16.1. The van der Waals surface area contributed by atoms with Gasteiger partial charge in [-0.05, 0) is 43.7 Å². The number of carbonyl (C=O) groups excluding carboxylic acids is 1. The van der Waals surface area contributed by atoms with Gasteiger partial charge in [-0.2, -0.15) is 0 Å². The molecule has 1 N–H and O–H groups in total. The molecule has 1 aromatic carbocycles. The Morgan fingerprint density at radius 2 is 1.91 bits per heavy atom. The van der Waals surface area contributed by atoms with Crippen LogP contribution >= 0.6 is 15.9 Å². The van der Waals surface area contributed by atoms with E-state index in [9.17, 15) is 14.7 Å². The Morgan fingerprint density at radius 1 is 1.18 bits per heavy atom. The van der Waals surface area contributed by atoms with Gasteiger partial charge in [0.2, 0.25) is 0 Å². The quantitative estimate of drug-likeness (QED) is 0.849. The molecule has 0 amide bonds. The van der Waals surface area contributed by atoms with Crippen molar-refractivity contribution in [1.82, 2.24) is 4.57 Å². The highest BCUT2D eigenvalue weighted by atomic mass is 79.9. The smallest absolute Gasteiger partial charge is 0.251 e. The van der Waals surface area contributed by atoms with Crippen molar-refractivity contribution in [3.63, 3.8) is 0 Å². The molecule has 0 saturated carbocycles. The normalized spacial score (nSPS) is 23.2. The number of Topliss-reactive ketones (excluding diaryl/α,β-unsaturated/α-hetero) is 1. The van der Waals surface area contributed by atoms with Gasteiger partial charge in [0.05, 0.1) is 17.6 Å². The van der Waals surface area contributed by atoms with Gasteiger partial charge in [0.25, 0.3) is 5.56 Å². The van der Waals surface area contributed by atoms with Crippen molar-refractivity contribution in [2.45, 2.75) is 26.0 Å². The van der Waals surface area contributed by atoms with E-state index < -0.39 is 17.6 Å². The zero-order valence-electron chi connectivity index (χ0n) is 12.3. The minimum Gasteiger partial charge on any atom is -0.390 e. The summed E-state index contributed by atoms with van der Waals surface area (Å²) in [6.07, 6.45) is 0.661. The molecule has 1 aromatic heterocycles. The standard InChI is InChI=1S/C17H16BrNO3/c1-17(2)15(21)11-7-6-10(18)9-12(11)14(16(17)22)19-8-4-3-5-13(19)20/h3-9,14,16,22H,1-2H3/t14-,16+/m0/s1. The van der Waals surface area contributed by atoms with E-state index in [0.29, 0.717) is 11.1 Å². The minimum atomic E-state index is -0.984. The van der Waals surface area contributed by atoms with Crippen LogP contribution in [-0.4, -0.2) is 21.6 Å². The average molecular weight is 362 g/mol. The summed E-state index contributed by atoms with van der Waals surface area (Å²) in [7, 11) is 0. The molecule has 0 aliphatic heterocycles. The lowest BCUT2D eigenvalue weighted by Crippen LogP contribution is -2.49. The van der Waals surface area contributed by atoms with Crippen molar-refractivity contribution >= 4 is 21.7 Å². The number of nitrogens with zero attached hydrogens (tertiary/aromatic N) is 1. The molecule has 0 fully saturated rings. The molecule has 0 radical (unpaired) electrons. The summed E-state index contributed by atoms with van der Waals surface area (Å²) in [4.78, 5) is 24.9. The fourth-order valence-corrected chi connectivity index (χ4v) is 3.38. The maximum atomic E-state index is 12.7. The number of hydrogen-bond donors (Lipinski definition) is 1. The second kappa shape index (κ2) is 5.18. The minimum absolute atomic E-state index is 0.109. The molecule has 2 atom stereocenters. The molecule has 3 rings (SSSR count). The summed E-state index contributed by atoms with van der Waals surface area (Å²) in [5.74, 6) is -0.109. The van der Waals surface area contributed by atoms with Crippen LogP contribution < -0.4 is 5.56 Å². The lowest BCUT2D eigenvalue weighted by molar-refractivity contribution is 0.0134. The molecule has 0 saturated heterocycles. The number of fused-ring (bicyclic) bond motifs is 1. The highest BCUT2D eigenvalue weighted by Gasteiger charge is 2.48. The van der Waals surface area contributed by atoms with E-state index in [0.717, 1.165) is 4.47 Å². The summed E-state index contributed by atoms with van der Waals surface area (Å²) in [5, 5.41) is 10.8. The predicted octanol–water partition coefficient (Wildman–Crippen LogP) is 2.78. The fourth-order valence-electron chi connectivity index (χ4n) is 3.00. The highest BCUT2D eigenvalue weighted by Crippen LogP contribution is 2.43. The number of halogens is 1. The Bertz CT molecular complexity index is 810. The first-order valence-electron chi connectivity index (χ1n) is 7.03. The molecule has 0 spiro atoms. The number of pyridine rings is 1. The van der Waals surface area contributed by atoms with E-state index in [1.165, 1.54) is 10.6 Å². The van der Waals surface area contributed by atoms with Crippen LogP contribution in [0.1, 0.15) is 35.8 Å². The summed E-state index contributed by atoms with van der Waals surface area (Å²) in [6, 6.07) is 9.62. The molecule has 1 heterocycles. The third kappa shape index (κ3) is 2.16. The Labute approximate surface area is 136 Å². The van der Waals surface area contributed by atoms with E-state index >= 15 is 0 Å². The molecule has 1 aliphatic rings. The van der Waals surface area contributed by atoms with Crippen LogP contribution in [0.3, 0.4) is 0 Å². The first-order valence-corrected chi connectivity index (χ1v) is 7.83. The Hall–Kier alpha value is -1.72. The SMILES string of the molecule is CC1(C)C(=O)c2ccc(Br)cc2[C@H](n2ccccc2=O)[C@H]1O. The second-order valence-electron chi connectivity index (χ2n) is 6.12. The number of hydrogen-bond acceptors (Lipinski definition) is 3. The highest BCUT2D eigenvalue weighted by molar-refractivity contribution is 9.10. The molecular formula is C17H16BrNO3. The fraction of sp³-hybridized carbons (Fsp3) is 0.294. The number of ketones is 1. The summed E-state index contributed by atoms with van der Waals surface area (Å²) >= 11 is 3.40. The molecular weight excluding hydrogens is 346 g/mol. The van der Waals surface area contributed by atoms with E-state index in [1.54, 1.807) is 50.4 Å². The number of aliphatic hydroxyl groups excluding tert-OH is 1. The molecule has 1 aliphatic carbocycles. The van der Waals surface area contributed by atoms with Gasteiger partial charge in [-0.15, -0.1) is 0 Å². The topological polar surface area (TPSA) is 59.3 Å². The van der Waals surface area contributed by atoms with Gasteiger partial charge in [0.1, 0.15) is 0 Å². The van der Waals surface area contributed by atoms with E-state index in [2.05, 4.69) is 15.9 Å². The van der Waals surface area contributed by atoms with Crippen LogP contribution in [0.15, 0.2) is 51.9 Å². The van der Waals surface area contributed by atoms with Gasteiger partial charge in [-0.25, -0.2) is 0 Å². The molecule has 22 heavy (non-hydrogen) atoms. The number of benzene rings is 1. The van der Waals surface area contributed by atoms with E-state index in [-0.39, 0.29) is 11.3 Å². The summed E-state index contributed by atoms with van der Waals surface area (Å²) < 4.78 is 2.30. The lowest BCUT2D eigenvalue weighted by atomic mass is 9.68. The molecule has 114 valence electrons. The molecule has 2 aromatic rings. The van der Waals surface area contributed by atoms with Crippen molar-refractivity contribution in [2.75, 3.05) is 0 Å². The van der Waals surface area contributed by atoms with Gasteiger partial charge < -0.3 is 9.67 Å². The van der Waals surface area contributed by atoms with Crippen molar-refractivity contribution in [2.24, 2.45) is 5.41 Å². The zero-order valence-corrected chi connectivity index (χ0v) is 13.9. The van der Waals surface area contributed by atoms with Crippen LogP contribution in [0.25, 0.3) is 0 Å². The van der Waals surface area contributed by atoms with Gasteiger partial charge in [0.15, 0.2) is 5.78 Å². The van der Waals surface area contributed by atoms with Crippen molar-refractivity contribution in [1.29, 1.82) is 0 Å². The number of aliphatic hydroxyl groups is 1. The van der Waals surface area contributed by atoms with E-state index in [4.69, 9.17) is 0 Å². The molecule has 4 nitrogen and oxygen atoms in total. The second-order valence-corrected chi connectivity index (χ2v) is 7.03. The average Bonchev–Trinajstić information content (AvgIpc) is 2.47. The Balaban J connectivity index is 2.32. The first-order chi connectivity index (χ1) is 10.3. The number of carbonyl (C=O) groups is 1. The third-order valence-electron chi connectivity index (χ3n) is 4.35. The van der Waals surface area contributed by atoms with Crippen LogP contribution in [0.4, 0.5) is 0 Å². The van der Waals surface area contributed by atoms with Crippen LogP contribution in [0.5, 0.6) is 0 Å². The first kappa shape index (κ1) is 15.2. The van der Waals surface area contributed by atoms with Gasteiger partial charge in [-0.1, -0.05) is 22.0 Å². The van der Waals surface area contributed by atoms with Crippen LogP contribution in [0.2, 0.25) is 0 Å². The van der Waals surface area contributed by atoms with Gasteiger partial charge in [0, 0.05) is 22.3 Å². The maximum Gasteiger partial charge on any atom is 0.251 e. The van der Waals surface area contributed by atoms with Crippen molar-refractivity contribution < 1.29 is 9.90 Å². The number of aromatic nitrogens is 1. The van der Waals surface area contributed by atoms with Crippen molar-refractivity contribution in [3.8, 4) is 0 Å². The monoisotopic (exact) mass is 361 g/mol. The Morgan fingerprint density at radius 3 is 2.59 bits per heavy atom. The van der Waals surface area contributed by atoms with E-state index in [1.807, 2.05) is 0 Å². The predicted molar refractivity (Wildman–Crippen MR) is 87.1 cm³/mol. The molecule has 0 unspecified atom stereocenters. The van der Waals surface area contributed by atoms with Gasteiger partial charge in [-0.3, -0.25) is 9.59 Å². The molecule has 0 bridgehead atoms. The Kier molecular flexibility index (Phi) is 3.57. The van der Waals surface area contributed by atoms with Crippen LogP contribution in [-0.2, 0) is 0 Å². The van der Waals surface area contributed by atoms with Crippen molar-refractivity contribution in [3.05, 3.63) is 68.5 Å². The van der Waals surface area contributed by atoms with Gasteiger partial charge >= 0.3 is 0 Å². The summed E-state index contributed by atoms with van der Waals surface area (Å²) in [5.41, 5.74) is 0.0576. The largest absolute Gasteiger partial charge is 0.390 e. The third-order valence-corrected chi connectivity index (χ3v) is 4.84. The molecule has 5 heteroatoms. The maximum absolute atomic E-state index is 12.7. The lowest BCUT2D eigenvalue weighted by Gasteiger charge is -2.41.